The Morgan fingerprint density at radius 2 is 2.10 bits per heavy atom. The van der Waals surface area contributed by atoms with Crippen LogP contribution in [0.5, 0.6) is 0 Å². The summed E-state index contributed by atoms with van der Waals surface area (Å²) in [5.74, 6) is -1.20. The number of hydrogen-bond acceptors (Lipinski definition) is 4. The van der Waals surface area contributed by atoms with Gasteiger partial charge in [0.15, 0.2) is 0 Å². The summed E-state index contributed by atoms with van der Waals surface area (Å²) in [6.45, 7) is 0.194. The molecule has 0 radical (unpaired) electrons. The highest BCUT2D eigenvalue weighted by Gasteiger charge is 2.25. The van der Waals surface area contributed by atoms with E-state index in [0.717, 1.165) is 15.9 Å². The molecule has 0 amide bonds. The van der Waals surface area contributed by atoms with Crippen LogP contribution < -0.4 is 0 Å². The summed E-state index contributed by atoms with van der Waals surface area (Å²) in [6.07, 6.45) is 0. The second-order valence-electron chi connectivity index (χ2n) is 4.34. The van der Waals surface area contributed by atoms with Crippen molar-refractivity contribution < 1.29 is 18.3 Å². The molecule has 0 atom stereocenters. The highest BCUT2D eigenvalue weighted by atomic mass is 35.5. The van der Waals surface area contributed by atoms with E-state index in [-0.39, 0.29) is 22.0 Å². The zero-order chi connectivity index (χ0) is 15.6. The number of benzene rings is 1. The quantitative estimate of drug-likeness (QED) is 0.904. The van der Waals surface area contributed by atoms with E-state index < -0.39 is 16.0 Å². The molecule has 0 spiro atoms. The van der Waals surface area contributed by atoms with Crippen molar-refractivity contribution in [1.29, 1.82) is 0 Å². The Hall–Kier alpha value is -1.41. The number of halogens is 1. The molecule has 1 aromatic carbocycles. The molecule has 0 bridgehead atoms. The third-order valence-electron chi connectivity index (χ3n) is 2.85. The topological polar surface area (TPSA) is 74.7 Å². The van der Waals surface area contributed by atoms with E-state index in [1.54, 1.807) is 0 Å². The van der Waals surface area contributed by atoms with E-state index in [4.69, 9.17) is 16.7 Å². The van der Waals surface area contributed by atoms with E-state index in [2.05, 4.69) is 0 Å². The first-order valence-corrected chi connectivity index (χ1v) is 8.58. The van der Waals surface area contributed by atoms with Gasteiger partial charge in [0.1, 0.15) is 4.90 Å². The lowest BCUT2D eigenvalue weighted by Gasteiger charge is -2.17. The number of aromatic carboxylic acids is 1. The zero-order valence-electron chi connectivity index (χ0n) is 11.0. The summed E-state index contributed by atoms with van der Waals surface area (Å²) >= 11 is 7.39. The maximum atomic E-state index is 12.5. The molecule has 0 aliphatic rings. The van der Waals surface area contributed by atoms with Gasteiger partial charge < -0.3 is 5.11 Å². The largest absolute Gasteiger partial charge is 0.478 e. The molecule has 8 heteroatoms. The van der Waals surface area contributed by atoms with Crippen LogP contribution in [-0.4, -0.2) is 30.8 Å². The number of carbonyl (C=O) groups is 1. The van der Waals surface area contributed by atoms with Crippen molar-refractivity contribution in [3.05, 3.63) is 51.2 Å². The number of sulfonamides is 1. The number of nitrogens with zero attached hydrogens (tertiary/aromatic N) is 1. The molecule has 0 saturated heterocycles. The lowest BCUT2D eigenvalue weighted by Crippen LogP contribution is -2.26. The molecule has 0 fully saturated rings. The van der Waals surface area contributed by atoms with Crippen LogP contribution in [0.4, 0.5) is 0 Å². The number of thiophene rings is 1. The van der Waals surface area contributed by atoms with Gasteiger partial charge in [-0.1, -0.05) is 11.6 Å². The maximum Gasteiger partial charge on any atom is 0.335 e. The third kappa shape index (κ3) is 3.44. The van der Waals surface area contributed by atoms with Gasteiger partial charge >= 0.3 is 5.97 Å². The summed E-state index contributed by atoms with van der Waals surface area (Å²) in [5.41, 5.74) is 0.735. The Bertz CT molecular complexity index is 756. The van der Waals surface area contributed by atoms with E-state index in [1.807, 2.05) is 16.8 Å². The molecule has 1 N–H and O–H groups in total. The van der Waals surface area contributed by atoms with Crippen LogP contribution in [0.25, 0.3) is 0 Å². The minimum atomic E-state index is -3.86. The van der Waals surface area contributed by atoms with Gasteiger partial charge in [0.2, 0.25) is 10.0 Å². The highest BCUT2D eigenvalue weighted by molar-refractivity contribution is 7.89. The minimum absolute atomic E-state index is 0.00262. The number of rotatable bonds is 5. The molecule has 0 aliphatic heterocycles. The molecule has 0 unspecified atom stereocenters. The van der Waals surface area contributed by atoms with Crippen LogP contribution in [0.1, 0.15) is 15.9 Å². The second-order valence-corrected chi connectivity index (χ2v) is 7.54. The summed E-state index contributed by atoms with van der Waals surface area (Å²) in [7, 11) is -2.43. The first-order valence-electron chi connectivity index (χ1n) is 5.82. The van der Waals surface area contributed by atoms with Gasteiger partial charge in [-0.2, -0.15) is 15.6 Å². The summed E-state index contributed by atoms with van der Waals surface area (Å²) < 4.78 is 26.2. The molecule has 2 aromatic rings. The molecule has 0 saturated carbocycles. The van der Waals surface area contributed by atoms with Crippen LogP contribution in [0.3, 0.4) is 0 Å². The van der Waals surface area contributed by atoms with Crippen LogP contribution in [0.15, 0.2) is 39.9 Å². The van der Waals surface area contributed by atoms with Gasteiger partial charge in [0.05, 0.1) is 10.6 Å². The van der Waals surface area contributed by atoms with Crippen LogP contribution >= 0.6 is 22.9 Å². The second kappa shape index (κ2) is 6.15. The van der Waals surface area contributed by atoms with Gasteiger partial charge in [-0.25, -0.2) is 13.2 Å². The Labute approximate surface area is 131 Å². The Morgan fingerprint density at radius 1 is 1.38 bits per heavy atom. The van der Waals surface area contributed by atoms with E-state index >= 15 is 0 Å². The predicted molar refractivity (Wildman–Crippen MR) is 81.4 cm³/mol. The van der Waals surface area contributed by atoms with E-state index in [0.29, 0.717) is 0 Å². The zero-order valence-corrected chi connectivity index (χ0v) is 13.4. The summed E-state index contributed by atoms with van der Waals surface area (Å²) in [5, 5.41) is 12.7. The summed E-state index contributed by atoms with van der Waals surface area (Å²) in [6, 6.07) is 5.44. The molecule has 0 aliphatic carbocycles. The Kier molecular flexibility index (Phi) is 4.67. The molecule has 21 heavy (non-hydrogen) atoms. The van der Waals surface area contributed by atoms with Crippen molar-refractivity contribution >= 4 is 38.9 Å². The average Bonchev–Trinajstić information content (AvgIpc) is 2.91. The number of carboxylic acids is 1. The van der Waals surface area contributed by atoms with Gasteiger partial charge in [-0.05, 0) is 40.6 Å². The fraction of sp³-hybridized carbons (Fsp3) is 0.154. The monoisotopic (exact) mass is 345 g/mol. The Balaban J connectivity index is 2.38. The molecule has 1 heterocycles. The fourth-order valence-corrected chi connectivity index (χ4v) is 4.04. The van der Waals surface area contributed by atoms with Crippen molar-refractivity contribution in [3.63, 3.8) is 0 Å². The van der Waals surface area contributed by atoms with Crippen molar-refractivity contribution in [3.8, 4) is 0 Å². The average molecular weight is 346 g/mol. The third-order valence-corrected chi connectivity index (χ3v) is 5.87. The normalized spacial score (nSPS) is 11.8. The SMILES string of the molecule is CN(Cc1ccsc1)S(=O)(=O)c1cc(C(=O)O)ccc1Cl. The molecule has 112 valence electrons. The number of carboxylic acid groups (broad SMARTS) is 1. The lowest BCUT2D eigenvalue weighted by molar-refractivity contribution is 0.0696. The molecule has 1 aromatic heterocycles. The number of hydrogen-bond donors (Lipinski definition) is 1. The van der Waals surface area contributed by atoms with E-state index in [9.17, 15) is 13.2 Å². The first kappa shape index (κ1) is 16.0. The first-order chi connectivity index (χ1) is 9.82. The van der Waals surface area contributed by atoms with Crippen molar-refractivity contribution in [1.82, 2.24) is 4.31 Å². The molecular weight excluding hydrogens is 334 g/mol. The fourth-order valence-electron chi connectivity index (χ4n) is 1.73. The van der Waals surface area contributed by atoms with E-state index in [1.165, 1.54) is 30.5 Å². The molecule has 5 nitrogen and oxygen atoms in total. The van der Waals surface area contributed by atoms with Gasteiger partial charge in [-0.3, -0.25) is 0 Å². The van der Waals surface area contributed by atoms with Crippen molar-refractivity contribution in [2.45, 2.75) is 11.4 Å². The van der Waals surface area contributed by atoms with Crippen LogP contribution in [0, 0.1) is 0 Å². The van der Waals surface area contributed by atoms with Crippen molar-refractivity contribution in [2.75, 3.05) is 7.05 Å². The molecular formula is C13H12ClNO4S2. The summed E-state index contributed by atoms with van der Waals surface area (Å²) in [4.78, 5) is 10.8. The van der Waals surface area contributed by atoms with Crippen LogP contribution in [-0.2, 0) is 16.6 Å². The van der Waals surface area contributed by atoms with Crippen LogP contribution in [0.2, 0.25) is 5.02 Å². The van der Waals surface area contributed by atoms with Gasteiger partial charge in [0.25, 0.3) is 0 Å². The van der Waals surface area contributed by atoms with Gasteiger partial charge in [-0.15, -0.1) is 0 Å². The molecule has 2 rings (SSSR count). The van der Waals surface area contributed by atoms with Gasteiger partial charge in [0, 0.05) is 13.6 Å². The van der Waals surface area contributed by atoms with Crippen molar-refractivity contribution in [2.24, 2.45) is 0 Å². The minimum Gasteiger partial charge on any atom is -0.478 e. The standard InChI is InChI=1S/C13H12ClNO4S2/c1-15(7-9-4-5-20-8-9)21(18,19)12-6-10(13(16)17)2-3-11(12)14/h2-6,8H,7H2,1H3,(H,16,17). The maximum absolute atomic E-state index is 12.5. The lowest BCUT2D eigenvalue weighted by atomic mass is 10.2. The smallest absolute Gasteiger partial charge is 0.335 e. The highest BCUT2D eigenvalue weighted by Crippen LogP contribution is 2.26. The Morgan fingerprint density at radius 3 is 2.67 bits per heavy atom. The predicted octanol–water partition coefficient (Wildman–Crippen LogP) is 2.92.